The molecule has 2 aromatic rings. The second kappa shape index (κ2) is 7.21. The fraction of sp³-hybridized carbons (Fsp3) is 0.278. The van der Waals surface area contributed by atoms with Crippen LogP contribution in [0.4, 0.5) is 14.5 Å². The van der Waals surface area contributed by atoms with E-state index in [0.29, 0.717) is 4.90 Å². The van der Waals surface area contributed by atoms with Crippen LogP contribution in [0.25, 0.3) is 0 Å². The van der Waals surface area contributed by atoms with E-state index in [4.69, 9.17) is 5.73 Å². The number of benzene rings is 2. The van der Waals surface area contributed by atoms with Crippen LogP contribution in [-0.2, 0) is 11.2 Å². The number of thioether (sulfide) groups is 1. The molecule has 6 heteroatoms. The number of nitrogens with one attached hydrogen (secondary N) is 1. The molecule has 1 aliphatic carbocycles. The van der Waals surface area contributed by atoms with E-state index in [-0.39, 0.29) is 17.7 Å². The van der Waals surface area contributed by atoms with Gasteiger partial charge in [-0.05, 0) is 60.7 Å². The van der Waals surface area contributed by atoms with Gasteiger partial charge in [-0.3, -0.25) is 4.79 Å². The first-order valence-electron chi connectivity index (χ1n) is 7.78. The second-order valence-corrected chi connectivity index (χ2v) is 6.88. The van der Waals surface area contributed by atoms with Crippen LogP contribution in [0.2, 0.25) is 0 Å². The minimum atomic E-state index is -0.904. The third kappa shape index (κ3) is 3.87. The molecule has 0 saturated carbocycles. The topological polar surface area (TPSA) is 55.1 Å². The van der Waals surface area contributed by atoms with E-state index in [1.807, 2.05) is 18.2 Å². The van der Waals surface area contributed by atoms with Gasteiger partial charge in [0.15, 0.2) is 11.6 Å². The molecule has 0 bridgehead atoms. The number of nitrogen functional groups attached to an aromatic ring is 1. The molecule has 0 aromatic heterocycles. The Morgan fingerprint density at radius 1 is 1.21 bits per heavy atom. The highest BCUT2D eigenvalue weighted by Crippen LogP contribution is 2.31. The zero-order valence-electron chi connectivity index (χ0n) is 13.0. The number of rotatable bonds is 4. The van der Waals surface area contributed by atoms with Crippen LogP contribution < -0.4 is 11.1 Å². The Hall–Kier alpha value is -2.08. The summed E-state index contributed by atoms with van der Waals surface area (Å²) in [7, 11) is 0. The predicted molar refractivity (Wildman–Crippen MR) is 91.8 cm³/mol. The number of halogens is 2. The first kappa shape index (κ1) is 16.8. The van der Waals surface area contributed by atoms with E-state index in [1.165, 1.54) is 23.4 Å². The highest BCUT2D eigenvalue weighted by molar-refractivity contribution is 8.00. The summed E-state index contributed by atoms with van der Waals surface area (Å²) in [5.41, 5.74) is 8.84. The number of amides is 1. The SMILES string of the molecule is Nc1ccc2c(c1)CCCC2NC(=O)CSc1ccc(F)c(F)c1. The number of anilines is 1. The average molecular weight is 348 g/mol. The van der Waals surface area contributed by atoms with Gasteiger partial charge in [-0.2, -0.15) is 0 Å². The maximum Gasteiger partial charge on any atom is 0.230 e. The lowest BCUT2D eigenvalue weighted by Gasteiger charge is -2.26. The van der Waals surface area contributed by atoms with Gasteiger partial charge in [0.05, 0.1) is 11.8 Å². The molecule has 1 unspecified atom stereocenters. The van der Waals surface area contributed by atoms with E-state index in [9.17, 15) is 13.6 Å². The number of fused-ring (bicyclic) bond motifs is 1. The summed E-state index contributed by atoms with van der Waals surface area (Å²) >= 11 is 1.19. The van der Waals surface area contributed by atoms with Gasteiger partial charge in [-0.1, -0.05) is 6.07 Å². The molecule has 1 amide bonds. The Bertz CT molecular complexity index is 767. The van der Waals surface area contributed by atoms with Gasteiger partial charge in [0.25, 0.3) is 0 Å². The minimum Gasteiger partial charge on any atom is -0.399 e. The lowest BCUT2D eigenvalue weighted by Crippen LogP contribution is -2.32. The summed E-state index contributed by atoms with van der Waals surface area (Å²) in [6, 6.07) is 9.39. The van der Waals surface area contributed by atoms with Gasteiger partial charge < -0.3 is 11.1 Å². The lowest BCUT2D eigenvalue weighted by atomic mass is 9.87. The van der Waals surface area contributed by atoms with Crippen molar-refractivity contribution in [2.45, 2.75) is 30.2 Å². The molecule has 0 radical (unpaired) electrons. The largest absolute Gasteiger partial charge is 0.399 e. The van der Waals surface area contributed by atoms with Gasteiger partial charge in [0.1, 0.15) is 0 Å². The zero-order chi connectivity index (χ0) is 17.1. The van der Waals surface area contributed by atoms with Crippen molar-refractivity contribution in [1.29, 1.82) is 0 Å². The van der Waals surface area contributed by atoms with Gasteiger partial charge in [-0.15, -0.1) is 11.8 Å². The van der Waals surface area contributed by atoms with E-state index in [0.717, 1.165) is 42.6 Å². The number of carbonyl (C=O) groups is 1. The van der Waals surface area contributed by atoms with Gasteiger partial charge in [-0.25, -0.2) is 8.78 Å². The molecule has 0 saturated heterocycles. The summed E-state index contributed by atoms with van der Waals surface area (Å²) in [5.74, 6) is -1.76. The van der Waals surface area contributed by atoms with Gasteiger partial charge in [0.2, 0.25) is 5.91 Å². The van der Waals surface area contributed by atoms with Crippen LogP contribution in [0, 0.1) is 11.6 Å². The fourth-order valence-corrected chi connectivity index (χ4v) is 3.67. The third-order valence-corrected chi connectivity index (χ3v) is 5.07. The maximum atomic E-state index is 13.2. The van der Waals surface area contributed by atoms with Crippen LogP contribution in [-0.4, -0.2) is 11.7 Å². The molecule has 0 spiro atoms. The average Bonchev–Trinajstić information content (AvgIpc) is 2.56. The van der Waals surface area contributed by atoms with Crippen LogP contribution in [0.5, 0.6) is 0 Å². The summed E-state index contributed by atoms with van der Waals surface area (Å²) in [5, 5.41) is 3.02. The first-order chi connectivity index (χ1) is 11.5. The maximum absolute atomic E-state index is 13.2. The Morgan fingerprint density at radius 2 is 2.04 bits per heavy atom. The molecule has 24 heavy (non-hydrogen) atoms. The smallest absolute Gasteiger partial charge is 0.230 e. The Morgan fingerprint density at radius 3 is 2.83 bits per heavy atom. The van der Waals surface area contributed by atoms with Crippen LogP contribution >= 0.6 is 11.8 Å². The fourth-order valence-electron chi connectivity index (χ4n) is 2.94. The molecule has 0 aliphatic heterocycles. The second-order valence-electron chi connectivity index (χ2n) is 5.84. The number of hydrogen-bond donors (Lipinski definition) is 2. The molecule has 126 valence electrons. The predicted octanol–water partition coefficient (Wildman–Crippen LogP) is 3.83. The number of carbonyl (C=O) groups excluding carboxylic acids is 1. The molecular formula is C18H18F2N2OS. The monoisotopic (exact) mass is 348 g/mol. The van der Waals surface area contributed by atoms with E-state index >= 15 is 0 Å². The molecule has 0 fully saturated rings. The molecule has 0 heterocycles. The molecule has 3 N–H and O–H groups in total. The normalized spacial score (nSPS) is 16.5. The summed E-state index contributed by atoms with van der Waals surface area (Å²) in [6.45, 7) is 0. The van der Waals surface area contributed by atoms with Crippen LogP contribution in [0.1, 0.15) is 30.0 Å². The summed E-state index contributed by atoms with van der Waals surface area (Å²) in [6.07, 6.45) is 2.85. The summed E-state index contributed by atoms with van der Waals surface area (Å²) < 4.78 is 26.1. The van der Waals surface area contributed by atoms with Crippen LogP contribution in [0.3, 0.4) is 0 Å². The molecule has 1 atom stereocenters. The Labute approximate surface area is 143 Å². The van der Waals surface area contributed by atoms with Crippen molar-refractivity contribution in [2.24, 2.45) is 0 Å². The third-order valence-electron chi connectivity index (χ3n) is 4.08. The molecular weight excluding hydrogens is 330 g/mol. The molecule has 2 aromatic carbocycles. The van der Waals surface area contributed by atoms with E-state index in [2.05, 4.69) is 5.32 Å². The number of aryl methyl sites for hydroxylation is 1. The standard InChI is InChI=1S/C18H18F2N2OS/c19-15-7-5-13(9-16(15)20)24-10-18(23)22-17-3-1-2-11-8-12(21)4-6-14(11)17/h4-9,17H,1-3,10,21H2,(H,22,23). The van der Waals surface area contributed by atoms with Crippen molar-refractivity contribution in [3.05, 3.63) is 59.2 Å². The van der Waals surface area contributed by atoms with Gasteiger partial charge >= 0.3 is 0 Å². The van der Waals surface area contributed by atoms with Crippen LogP contribution in [0.15, 0.2) is 41.3 Å². The molecule has 3 rings (SSSR count). The molecule has 3 nitrogen and oxygen atoms in total. The minimum absolute atomic E-state index is 0.0209. The van der Waals surface area contributed by atoms with E-state index < -0.39 is 11.6 Å². The first-order valence-corrected chi connectivity index (χ1v) is 8.77. The van der Waals surface area contributed by atoms with Crippen molar-refractivity contribution in [3.8, 4) is 0 Å². The number of nitrogens with two attached hydrogens (primary N) is 1. The summed E-state index contributed by atoms with van der Waals surface area (Å²) in [4.78, 5) is 12.7. The van der Waals surface area contributed by atoms with Crippen molar-refractivity contribution >= 4 is 23.4 Å². The van der Waals surface area contributed by atoms with Crippen molar-refractivity contribution in [3.63, 3.8) is 0 Å². The molecule has 1 aliphatic rings. The Kier molecular flexibility index (Phi) is 5.04. The van der Waals surface area contributed by atoms with E-state index in [1.54, 1.807) is 0 Å². The lowest BCUT2D eigenvalue weighted by molar-refractivity contribution is -0.119. The number of hydrogen-bond acceptors (Lipinski definition) is 3. The zero-order valence-corrected chi connectivity index (χ0v) is 13.8. The Balaban J connectivity index is 1.60. The van der Waals surface area contributed by atoms with Crippen molar-refractivity contribution < 1.29 is 13.6 Å². The highest BCUT2D eigenvalue weighted by atomic mass is 32.2. The van der Waals surface area contributed by atoms with Crippen molar-refractivity contribution in [1.82, 2.24) is 5.32 Å². The highest BCUT2D eigenvalue weighted by Gasteiger charge is 2.21. The van der Waals surface area contributed by atoms with Crippen molar-refractivity contribution in [2.75, 3.05) is 11.5 Å². The van der Waals surface area contributed by atoms with Gasteiger partial charge in [0, 0.05) is 10.6 Å². The quantitative estimate of drug-likeness (QED) is 0.652.